The number of halogens is 2. The number of nitrogens with one attached hydrogen (secondary N) is 1. The Morgan fingerprint density at radius 2 is 2.00 bits per heavy atom. The lowest BCUT2D eigenvalue weighted by molar-refractivity contribution is 0.0716. The molecule has 176 valence electrons. The van der Waals surface area contributed by atoms with E-state index in [0.29, 0.717) is 15.4 Å². The molecule has 3 aromatic rings. The van der Waals surface area contributed by atoms with Crippen LogP contribution in [0.2, 0.25) is 0 Å². The van der Waals surface area contributed by atoms with Crippen LogP contribution in [0.1, 0.15) is 43.2 Å². The second kappa shape index (κ2) is 9.81. The molecule has 1 fully saturated rings. The Balaban J connectivity index is 1.65. The Hall–Kier alpha value is -2.45. The number of likely N-dealkylation sites (tertiary alicyclic amines) is 1. The molecule has 1 aliphatic rings. The SMILES string of the molecule is [2H]C([2H])([2H])Oc1cc2c(Nc3ccc(Br)cc3F)ncnc2cc1OCC1CC([2H])([2H])N(C(C)(C)C)C([2H])([2H])C1. The van der Waals surface area contributed by atoms with E-state index in [2.05, 4.69) is 31.2 Å². The monoisotopic (exact) mass is 523 g/mol. The molecular weight excluding hydrogens is 487 g/mol. The van der Waals surface area contributed by atoms with Crippen LogP contribution < -0.4 is 14.8 Å². The highest BCUT2D eigenvalue weighted by molar-refractivity contribution is 9.10. The summed E-state index contributed by atoms with van der Waals surface area (Å²) < 4.78 is 83.3. The Morgan fingerprint density at radius 3 is 2.70 bits per heavy atom. The molecule has 0 aliphatic carbocycles. The predicted octanol–water partition coefficient (Wildman–Crippen LogP) is 6.17. The highest BCUT2D eigenvalue weighted by Crippen LogP contribution is 2.36. The smallest absolute Gasteiger partial charge is 0.163 e. The van der Waals surface area contributed by atoms with Gasteiger partial charge in [-0.2, -0.15) is 0 Å². The number of hydrogen-bond donors (Lipinski definition) is 1. The van der Waals surface area contributed by atoms with Gasteiger partial charge in [0.25, 0.3) is 0 Å². The van der Waals surface area contributed by atoms with Crippen molar-refractivity contribution < 1.29 is 23.5 Å². The third-order valence-corrected chi connectivity index (χ3v) is 5.71. The van der Waals surface area contributed by atoms with Crippen LogP contribution >= 0.6 is 15.9 Å². The van der Waals surface area contributed by atoms with Crippen LogP contribution in [0.15, 0.2) is 41.1 Å². The van der Waals surface area contributed by atoms with Gasteiger partial charge in [-0.1, -0.05) is 15.9 Å². The zero-order valence-electron chi connectivity index (χ0n) is 25.6. The first-order valence-electron chi connectivity index (χ1n) is 14.0. The quantitative estimate of drug-likeness (QED) is 0.416. The van der Waals surface area contributed by atoms with E-state index in [9.17, 15) is 4.39 Å². The predicted molar refractivity (Wildman–Crippen MR) is 133 cm³/mol. The minimum Gasteiger partial charge on any atom is -0.493 e. The number of nitrogens with zero attached hydrogens (tertiary/aromatic N) is 3. The molecule has 0 amide bonds. The molecule has 33 heavy (non-hydrogen) atoms. The van der Waals surface area contributed by atoms with Crippen molar-refractivity contribution in [2.24, 2.45) is 5.92 Å². The summed E-state index contributed by atoms with van der Waals surface area (Å²) in [6.45, 7) is 1.34. The van der Waals surface area contributed by atoms with Gasteiger partial charge in [-0.25, -0.2) is 14.4 Å². The average Bonchev–Trinajstić information content (AvgIpc) is 2.76. The molecule has 1 saturated heterocycles. The van der Waals surface area contributed by atoms with E-state index < -0.39 is 37.3 Å². The van der Waals surface area contributed by atoms with E-state index in [1.165, 1.54) is 35.5 Å². The molecule has 4 rings (SSSR count). The molecule has 0 spiro atoms. The fraction of sp³-hybridized carbons (Fsp3) is 0.440. The van der Waals surface area contributed by atoms with Crippen LogP contribution in [-0.4, -0.2) is 47.0 Å². The molecule has 2 aromatic carbocycles. The number of benzene rings is 2. The molecular formula is C25H30BrFN4O2. The molecule has 0 atom stereocenters. The molecule has 8 heteroatoms. The van der Waals surface area contributed by atoms with Crippen LogP contribution in [0.5, 0.6) is 11.5 Å². The van der Waals surface area contributed by atoms with E-state index in [1.54, 1.807) is 26.8 Å². The summed E-state index contributed by atoms with van der Waals surface area (Å²) in [7, 11) is -2.82. The largest absolute Gasteiger partial charge is 0.493 e. The van der Waals surface area contributed by atoms with E-state index in [1.807, 2.05) is 0 Å². The van der Waals surface area contributed by atoms with Gasteiger partial charge in [0.15, 0.2) is 11.5 Å². The molecule has 1 aliphatic heterocycles. The molecule has 0 unspecified atom stereocenters. The minimum atomic E-state index is -2.82. The molecule has 2 heterocycles. The number of fused-ring (bicyclic) bond motifs is 1. The first kappa shape index (κ1) is 16.2. The van der Waals surface area contributed by atoms with E-state index in [0.717, 1.165) is 0 Å². The number of ether oxygens (including phenoxy) is 2. The second-order valence-electron chi connectivity index (χ2n) is 8.80. The van der Waals surface area contributed by atoms with Gasteiger partial charge in [-0.05, 0) is 76.8 Å². The third-order valence-electron chi connectivity index (χ3n) is 5.22. The second-order valence-corrected chi connectivity index (χ2v) is 9.71. The molecule has 1 aromatic heterocycles. The highest BCUT2D eigenvalue weighted by Gasteiger charge is 2.27. The first-order chi connectivity index (χ1) is 18.4. The lowest BCUT2D eigenvalue weighted by atomic mass is 9.93. The van der Waals surface area contributed by atoms with Crippen molar-refractivity contribution in [1.29, 1.82) is 0 Å². The summed E-state index contributed by atoms with van der Waals surface area (Å²) in [6.07, 6.45) is 1.30. The van der Waals surface area contributed by atoms with Crippen LogP contribution in [0.4, 0.5) is 15.9 Å². The Morgan fingerprint density at radius 1 is 1.21 bits per heavy atom. The van der Waals surface area contributed by atoms with Crippen LogP contribution in [0.25, 0.3) is 10.9 Å². The van der Waals surface area contributed by atoms with E-state index >= 15 is 0 Å². The van der Waals surface area contributed by atoms with Crippen molar-refractivity contribution in [3.8, 4) is 11.5 Å². The maximum atomic E-state index is 14.5. The number of anilines is 2. The van der Waals surface area contributed by atoms with Gasteiger partial charge in [-0.3, -0.25) is 4.90 Å². The fourth-order valence-electron chi connectivity index (χ4n) is 3.44. The highest BCUT2D eigenvalue weighted by atomic mass is 79.9. The number of aromatic nitrogens is 2. The maximum Gasteiger partial charge on any atom is 0.163 e. The van der Waals surface area contributed by atoms with Crippen molar-refractivity contribution in [2.45, 2.75) is 39.2 Å². The van der Waals surface area contributed by atoms with Gasteiger partial charge in [0.2, 0.25) is 0 Å². The average molecular weight is 524 g/mol. The minimum absolute atomic E-state index is 0.0157. The van der Waals surface area contributed by atoms with Gasteiger partial charge in [0.1, 0.15) is 18.0 Å². The third kappa shape index (κ3) is 5.55. The zero-order valence-corrected chi connectivity index (χ0v) is 20.2. The van der Waals surface area contributed by atoms with E-state index in [4.69, 9.17) is 19.1 Å². The van der Waals surface area contributed by atoms with Crippen molar-refractivity contribution >= 4 is 38.3 Å². The Kier molecular flexibility index (Phi) is 4.82. The Bertz CT molecular complexity index is 1380. The van der Waals surface area contributed by atoms with Crippen molar-refractivity contribution in [3.05, 3.63) is 46.9 Å². The molecule has 1 N–H and O–H groups in total. The van der Waals surface area contributed by atoms with Gasteiger partial charge in [-0.15, -0.1) is 0 Å². The van der Waals surface area contributed by atoms with Crippen LogP contribution in [0, 0.1) is 11.7 Å². The standard InChI is InChI=1S/C25H30BrFN4O2/c1-25(2,3)31-9-7-16(8-10-31)14-33-23-13-21-18(12-22(23)32-4)24(29-15-28-21)30-20-6-5-17(26)11-19(20)27/h5-6,11-13,15-16H,7-10,14H2,1-4H3,(H,28,29,30)/i4D3,9D2,10D2. The molecule has 6 nitrogen and oxygen atoms in total. The zero-order chi connectivity index (χ0) is 29.7. The summed E-state index contributed by atoms with van der Waals surface area (Å²) in [5.74, 6) is -0.924. The Labute approximate surface area is 212 Å². The number of hydrogen-bond acceptors (Lipinski definition) is 6. The summed E-state index contributed by atoms with van der Waals surface area (Å²) in [6, 6.07) is 7.32. The van der Waals surface area contributed by atoms with Crippen molar-refractivity contribution in [1.82, 2.24) is 14.9 Å². The van der Waals surface area contributed by atoms with Crippen LogP contribution in [-0.2, 0) is 0 Å². The lowest BCUT2D eigenvalue weighted by Gasteiger charge is -2.40. The maximum absolute atomic E-state index is 14.5. The lowest BCUT2D eigenvalue weighted by Crippen LogP contribution is -2.46. The fourth-order valence-corrected chi connectivity index (χ4v) is 3.78. The molecule has 0 radical (unpaired) electrons. The summed E-state index contributed by atoms with van der Waals surface area (Å²) in [4.78, 5) is 9.68. The summed E-state index contributed by atoms with van der Waals surface area (Å²) in [5.41, 5.74) is -0.245. The van der Waals surface area contributed by atoms with E-state index in [-0.39, 0.29) is 42.5 Å². The summed E-state index contributed by atoms with van der Waals surface area (Å²) >= 11 is 3.21. The van der Waals surface area contributed by atoms with Gasteiger partial charge < -0.3 is 14.8 Å². The van der Waals surface area contributed by atoms with Gasteiger partial charge in [0, 0.05) is 26.9 Å². The van der Waals surface area contributed by atoms with Crippen molar-refractivity contribution in [3.63, 3.8) is 0 Å². The normalized spacial score (nSPS) is 22.2. The number of methoxy groups -OCH3 is 1. The number of piperidine rings is 1. The van der Waals surface area contributed by atoms with Crippen molar-refractivity contribution in [2.75, 3.05) is 32.0 Å². The molecule has 0 bridgehead atoms. The van der Waals surface area contributed by atoms with Crippen LogP contribution in [0.3, 0.4) is 0 Å². The van der Waals surface area contributed by atoms with Gasteiger partial charge in [0.05, 0.1) is 29.0 Å². The summed E-state index contributed by atoms with van der Waals surface area (Å²) in [5, 5.41) is 3.25. The number of rotatable bonds is 6. The van der Waals surface area contributed by atoms with Gasteiger partial charge >= 0.3 is 0 Å². The topological polar surface area (TPSA) is 59.5 Å². The first-order valence-corrected chi connectivity index (χ1v) is 11.3. The molecule has 0 saturated carbocycles.